The van der Waals surface area contributed by atoms with Crippen molar-refractivity contribution in [2.24, 2.45) is 0 Å². The van der Waals surface area contributed by atoms with Crippen LogP contribution in [0.25, 0.3) is 16.6 Å². The van der Waals surface area contributed by atoms with Gasteiger partial charge in [0, 0.05) is 6.20 Å². The molecule has 26 heavy (non-hydrogen) atoms. The molecule has 0 aliphatic carbocycles. The average Bonchev–Trinajstić information content (AvgIpc) is 2.68. The standard InChI is InChI=1S/C21H17N3OS/c1-15-8-2-5-11-18(15)24-19(14-26-20-12-6-7-13-22-20)23-17-10-4-3-9-16(17)21(24)25/h2-13H,14H2,1H3. The predicted molar refractivity (Wildman–Crippen MR) is 106 cm³/mol. The summed E-state index contributed by atoms with van der Waals surface area (Å²) in [5.41, 5.74) is 2.59. The van der Waals surface area contributed by atoms with Crippen molar-refractivity contribution in [3.05, 3.63) is 94.7 Å². The highest BCUT2D eigenvalue weighted by Crippen LogP contribution is 2.23. The Bertz CT molecular complexity index is 1120. The van der Waals surface area contributed by atoms with E-state index in [1.165, 1.54) is 0 Å². The van der Waals surface area contributed by atoms with E-state index in [1.54, 1.807) is 22.5 Å². The molecule has 128 valence electrons. The Balaban J connectivity index is 1.88. The average molecular weight is 359 g/mol. The summed E-state index contributed by atoms with van der Waals surface area (Å²) in [5.74, 6) is 1.28. The molecule has 0 N–H and O–H groups in total. The zero-order chi connectivity index (χ0) is 17.9. The fraction of sp³-hybridized carbons (Fsp3) is 0.0952. The number of hydrogen-bond donors (Lipinski definition) is 0. The lowest BCUT2D eigenvalue weighted by atomic mass is 10.2. The second-order valence-electron chi connectivity index (χ2n) is 5.93. The molecule has 0 bridgehead atoms. The van der Waals surface area contributed by atoms with E-state index in [0.717, 1.165) is 27.6 Å². The van der Waals surface area contributed by atoms with Crippen LogP contribution in [-0.4, -0.2) is 14.5 Å². The van der Waals surface area contributed by atoms with Crippen molar-refractivity contribution in [2.45, 2.75) is 17.7 Å². The molecule has 0 aliphatic heterocycles. The van der Waals surface area contributed by atoms with Crippen molar-refractivity contribution in [1.82, 2.24) is 14.5 Å². The summed E-state index contributed by atoms with van der Waals surface area (Å²) in [4.78, 5) is 22.3. The Kier molecular flexibility index (Phi) is 4.54. The first-order valence-electron chi connectivity index (χ1n) is 8.34. The highest BCUT2D eigenvalue weighted by Gasteiger charge is 2.14. The van der Waals surface area contributed by atoms with Gasteiger partial charge in [-0.3, -0.25) is 9.36 Å². The largest absolute Gasteiger partial charge is 0.268 e. The smallest absolute Gasteiger partial charge is 0.265 e. The van der Waals surface area contributed by atoms with Crippen molar-refractivity contribution in [2.75, 3.05) is 0 Å². The van der Waals surface area contributed by atoms with Gasteiger partial charge in [0.15, 0.2) is 0 Å². The van der Waals surface area contributed by atoms with E-state index in [0.29, 0.717) is 11.1 Å². The van der Waals surface area contributed by atoms with Gasteiger partial charge in [-0.2, -0.15) is 0 Å². The lowest BCUT2D eigenvalue weighted by molar-refractivity contribution is 0.876. The maximum absolute atomic E-state index is 13.2. The minimum atomic E-state index is -0.0403. The molecule has 0 atom stereocenters. The van der Waals surface area contributed by atoms with E-state index in [9.17, 15) is 4.79 Å². The van der Waals surface area contributed by atoms with Gasteiger partial charge in [-0.15, -0.1) is 0 Å². The first-order chi connectivity index (χ1) is 12.7. The number of rotatable bonds is 4. The first kappa shape index (κ1) is 16.5. The Morgan fingerprint density at radius 1 is 0.962 bits per heavy atom. The Labute approximate surface area is 155 Å². The van der Waals surface area contributed by atoms with Crippen molar-refractivity contribution in [3.63, 3.8) is 0 Å². The molecular formula is C21H17N3OS. The molecule has 0 spiro atoms. The SMILES string of the molecule is Cc1ccccc1-n1c(CSc2ccccn2)nc2ccccc2c1=O. The van der Waals surface area contributed by atoms with Gasteiger partial charge in [-0.05, 0) is 42.8 Å². The zero-order valence-electron chi connectivity index (χ0n) is 14.3. The lowest BCUT2D eigenvalue weighted by Crippen LogP contribution is -2.24. The van der Waals surface area contributed by atoms with Crippen LogP contribution in [0.4, 0.5) is 0 Å². The normalized spacial score (nSPS) is 11.0. The van der Waals surface area contributed by atoms with Gasteiger partial charge in [0.1, 0.15) is 5.82 Å². The highest BCUT2D eigenvalue weighted by atomic mass is 32.2. The number of aromatic nitrogens is 3. The van der Waals surface area contributed by atoms with Crippen LogP contribution in [0.5, 0.6) is 0 Å². The van der Waals surface area contributed by atoms with Gasteiger partial charge >= 0.3 is 0 Å². The lowest BCUT2D eigenvalue weighted by Gasteiger charge is -2.15. The summed E-state index contributed by atoms with van der Waals surface area (Å²) >= 11 is 1.57. The number of nitrogens with zero attached hydrogens (tertiary/aromatic N) is 3. The number of aryl methyl sites for hydroxylation is 1. The quantitative estimate of drug-likeness (QED) is 0.507. The van der Waals surface area contributed by atoms with Crippen LogP contribution < -0.4 is 5.56 Å². The summed E-state index contributed by atoms with van der Waals surface area (Å²) in [5, 5.41) is 1.54. The van der Waals surface area contributed by atoms with Gasteiger partial charge in [0.05, 0.1) is 27.4 Å². The fourth-order valence-corrected chi connectivity index (χ4v) is 3.69. The van der Waals surface area contributed by atoms with Gasteiger partial charge in [-0.1, -0.05) is 48.2 Å². The molecule has 5 heteroatoms. The molecule has 0 amide bonds. The number of pyridine rings is 1. The van der Waals surface area contributed by atoms with Crippen molar-refractivity contribution < 1.29 is 0 Å². The second kappa shape index (κ2) is 7.14. The summed E-state index contributed by atoms with van der Waals surface area (Å²) in [6, 6.07) is 21.2. The Hall–Kier alpha value is -2.92. The van der Waals surface area contributed by atoms with Crippen LogP contribution >= 0.6 is 11.8 Å². The molecule has 2 aromatic heterocycles. The molecule has 0 radical (unpaired) electrons. The van der Waals surface area contributed by atoms with E-state index >= 15 is 0 Å². The highest BCUT2D eigenvalue weighted by molar-refractivity contribution is 7.98. The summed E-state index contributed by atoms with van der Waals surface area (Å²) in [6.45, 7) is 2.01. The van der Waals surface area contributed by atoms with Gasteiger partial charge in [-0.25, -0.2) is 9.97 Å². The maximum atomic E-state index is 13.2. The molecule has 0 saturated carbocycles. The van der Waals surface area contributed by atoms with Crippen molar-refractivity contribution in [3.8, 4) is 5.69 Å². The number of hydrogen-bond acceptors (Lipinski definition) is 4. The molecule has 4 nitrogen and oxygen atoms in total. The van der Waals surface area contributed by atoms with E-state index in [-0.39, 0.29) is 5.56 Å². The Morgan fingerprint density at radius 2 is 1.73 bits per heavy atom. The summed E-state index contributed by atoms with van der Waals surface area (Å²) < 4.78 is 1.73. The topological polar surface area (TPSA) is 47.8 Å². The molecule has 2 heterocycles. The third kappa shape index (κ3) is 3.13. The fourth-order valence-electron chi connectivity index (χ4n) is 2.91. The summed E-state index contributed by atoms with van der Waals surface area (Å²) in [7, 11) is 0. The van der Waals surface area contributed by atoms with Gasteiger partial charge in [0.2, 0.25) is 0 Å². The second-order valence-corrected chi connectivity index (χ2v) is 6.92. The third-order valence-electron chi connectivity index (χ3n) is 4.19. The van der Waals surface area contributed by atoms with Crippen molar-refractivity contribution >= 4 is 22.7 Å². The van der Waals surface area contributed by atoms with Crippen LogP contribution in [-0.2, 0) is 5.75 Å². The molecule has 0 saturated heterocycles. The minimum absolute atomic E-state index is 0.0403. The van der Waals surface area contributed by atoms with E-state index in [1.807, 2.05) is 73.7 Å². The van der Waals surface area contributed by atoms with E-state index in [2.05, 4.69) is 4.98 Å². The minimum Gasteiger partial charge on any atom is -0.268 e. The monoisotopic (exact) mass is 359 g/mol. The molecule has 4 aromatic rings. The maximum Gasteiger partial charge on any atom is 0.265 e. The van der Waals surface area contributed by atoms with Crippen LogP contribution in [0.3, 0.4) is 0 Å². The van der Waals surface area contributed by atoms with E-state index in [4.69, 9.17) is 4.98 Å². The first-order valence-corrected chi connectivity index (χ1v) is 9.33. The predicted octanol–water partition coefficient (Wildman–Crippen LogP) is 4.38. The molecule has 2 aromatic carbocycles. The number of benzene rings is 2. The molecular weight excluding hydrogens is 342 g/mol. The number of fused-ring (bicyclic) bond motifs is 1. The zero-order valence-corrected chi connectivity index (χ0v) is 15.1. The van der Waals surface area contributed by atoms with Crippen molar-refractivity contribution in [1.29, 1.82) is 0 Å². The molecule has 0 fully saturated rings. The Morgan fingerprint density at radius 3 is 2.54 bits per heavy atom. The number of para-hydroxylation sites is 2. The molecule has 0 unspecified atom stereocenters. The summed E-state index contributed by atoms with van der Waals surface area (Å²) in [6.07, 6.45) is 1.77. The van der Waals surface area contributed by atoms with Crippen LogP contribution in [0, 0.1) is 6.92 Å². The van der Waals surface area contributed by atoms with E-state index < -0.39 is 0 Å². The van der Waals surface area contributed by atoms with Crippen LogP contribution in [0.1, 0.15) is 11.4 Å². The molecule has 0 aliphatic rings. The van der Waals surface area contributed by atoms with Crippen LogP contribution in [0.15, 0.2) is 82.7 Å². The van der Waals surface area contributed by atoms with Crippen LogP contribution in [0.2, 0.25) is 0 Å². The third-order valence-corrected chi connectivity index (χ3v) is 5.13. The van der Waals surface area contributed by atoms with Gasteiger partial charge in [0.25, 0.3) is 5.56 Å². The van der Waals surface area contributed by atoms with Gasteiger partial charge < -0.3 is 0 Å². The molecule has 4 rings (SSSR count). The number of thioether (sulfide) groups is 1.